The van der Waals surface area contributed by atoms with Crippen LogP contribution in [0, 0.1) is 13.8 Å². The lowest BCUT2D eigenvalue weighted by molar-refractivity contribution is -0.113. The Morgan fingerprint density at radius 1 is 1.25 bits per heavy atom. The first-order valence-electron chi connectivity index (χ1n) is 8.43. The van der Waals surface area contributed by atoms with Gasteiger partial charge in [-0.3, -0.25) is 9.78 Å². The van der Waals surface area contributed by atoms with E-state index in [2.05, 4.69) is 20.5 Å². The number of amides is 1. The van der Waals surface area contributed by atoms with Crippen LogP contribution in [-0.4, -0.2) is 39.4 Å². The molecule has 0 aliphatic heterocycles. The standard InChI is InChI=1S/C18H18N4O4S2/c1-4-25-17(24)14-10(2)11(3)28-16(14)20-13(23)9-27-18-22-21-15(26-18)12-5-7-19-8-6-12/h5-8H,4,9H2,1-3H3,(H,20,23). The van der Waals surface area contributed by atoms with Crippen molar-refractivity contribution in [2.24, 2.45) is 0 Å². The van der Waals surface area contributed by atoms with Crippen LogP contribution in [0.1, 0.15) is 27.7 Å². The molecule has 0 saturated carbocycles. The van der Waals surface area contributed by atoms with E-state index >= 15 is 0 Å². The summed E-state index contributed by atoms with van der Waals surface area (Å²) in [6, 6.07) is 3.51. The number of hydrogen-bond donors (Lipinski definition) is 1. The van der Waals surface area contributed by atoms with E-state index in [0.717, 1.165) is 27.8 Å². The molecule has 0 radical (unpaired) electrons. The number of esters is 1. The number of carbonyl (C=O) groups excluding carboxylic acids is 2. The minimum Gasteiger partial charge on any atom is -0.462 e. The van der Waals surface area contributed by atoms with Crippen LogP contribution >= 0.6 is 23.1 Å². The Morgan fingerprint density at radius 3 is 2.71 bits per heavy atom. The van der Waals surface area contributed by atoms with E-state index in [1.54, 1.807) is 31.5 Å². The van der Waals surface area contributed by atoms with Gasteiger partial charge in [-0.25, -0.2) is 4.79 Å². The minimum absolute atomic E-state index is 0.0657. The fraction of sp³-hybridized carbons (Fsp3) is 0.278. The number of rotatable bonds is 7. The zero-order chi connectivity index (χ0) is 20.1. The van der Waals surface area contributed by atoms with E-state index in [0.29, 0.717) is 16.5 Å². The van der Waals surface area contributed by atoms with Gasteiger partial charge in [-0.1, -0.05) is 11.8 Å². The summed E-state index contributed by atoms with van der Waals surface area (Å²) < 4.78 is 10.6. The molecule has 3 rings (SSSR count). The predicted molar refractivity (Wildman–Crippen MR) is 107 cm³/mol. The molecule has 3 aromatic heterocycles. The van der Waals surface area contributed by atoms with Crippen molar-refractivity contribution in [1.29, 1.82) is 0 Å². The molecule has 0 fully saturated rings. The molecule has 0 saturated heterocycles. The van der Waals surface area contributed by atoms with Crippen LogP contribution in [0.4, 0.5) is 5.00 Å². The van der Waals surface area contributed by atoms with E-state index in [-0.39, 0.29) is 23.5 Å². The SMILES string of the molecule is CCOC(=O)c1c(NC(=O)CSc2nnc(-c3ccncc3)o2)sc(C)c1C. The van der Waals surface area contributed by atoms with Gasteiger partial charge in [0.15, 0.2) is 0 Å². The number of anilines is 1. The van der Waals surface area contributed by atoms with Crippen molar-refractivity contribution in [3.05, 3.63) is 40.5 Å². The van der Waals surface area contributed by atoms with Gasteiger partial charge in [0, 0.05) is 22.8 Å². The number of aromatic nitrogens is 3. The average Bonchev–Trinajstić information content (AvgIpc) is 3.26. The van der Waals surface area contributed by atoms with Gasteiger partial charge < -0.3 is 14.5 Å². The third kappa shape index (κ3) is 4.57. The number of carbonyl (C=O) groups is 2. The molecule has 0 atom stereocenters. The Morgan fingerprint density at radius 2 is 2.00 bits per heavy atom. The zero-order valence-electron chi connectivity index (χ0n) is 15.5. The first kappa shape index (κ1) is 20.0. The van der Waals surface area contributed by atoms with Gasteiger partial charge in [0.1, 0.15) is 5.00 Å². The highest BCUT2D eigenvalue weighted by molar-refractivity contribution is 7.99. The molecule has 146 valence electrons. The van der Waals surface area contributed by atoms with Gasteiger partial charge in [0.05, 0.1) is 17.9 Å². The maximum Gasteiger partial charge on any atom is 0.341 e. The summed E-state index contributed by atoms with van der Waals surface area (Å²) in [5.74, 6) is -0.290. The molecule has 0 unspecified atom stereocenters. The maximum absolute atomic E-state index is 12.3. The third-order valence-corrected chi connectivity index (χ3v) is 5.72. The van der Waals surface area contributed by atoms with Crippen molar-refractivity contribution in [1.82, 2.24) is 15.2 Å². The fourth-order valence-corrected chi connectivity index (χ4v) is 3.96. The normalized spacial score (nSPS) is 10.7. The van der Waals surface area contributed by atoms with E-state index in [1.807, 2.05) is 13.8 Å². The number of thioether (sulfide) groups is 1. The largest absolute Gasteiger partial charge is 0.462 e. The number of ether oxygens (including phenoxy) is 1. The van der Waals surface area contributed by atoms with Crippen molar-refractivity contribution in [3.63, 3.8) is 0 Å². The molecule has 10 heteroatoms. The van der Waals surface area contributed by atoms with Crippen molar-refractivity contribution >= 4 is 40.0 Å². The Labute approximate surface area is 169 Å². The topological polar surface area (TPSA) is 107 Å². The molecule has 0 aliphatic carbocycles. The van der Waals surface area contributed by atoms with Crippen molar-refractivity contribution < 1.29 is 18.7 Å². The van der Waals surface area contributed by atoms with E-state index in [1.165, 1.54) is 11.3 Å². The maximum atomic E-state index is 12.3. The summed E-state index contributed by atoms with van der Waals surface area (Å²) in [6.45, 7) is 5.74. The first-order chi connectivity index (χ1) is 13.5. The lowest BCUT2D eigenvalue weighted by Gasteiger charge is -2.06. The van der Waals surface area contributed by atoms with Crippen molar-refractivity contribution in [2.45, 2.75) is 26.0 Å². The quantitative estimate of drug-likeness (QED) is 0.457. The van der Waals surface area contributed by atoms with Crippen LogP contribution in [0.5, 0.6) is 0 Å². The number of thiophene rings is 1. The monoisotopic (exact) mass is 418 g/mol. The molecule has 0 aliphatic rings. The van der Waals surface area contributed by atoms with Gasteiger partial charge in [0.25, 0.3) is 5.22 Å². The summed E-state index contributed by atoms with van der Waals surface area (Å²) in [6.07, 6.45) is 3.26. The molecule has 3 heterocycles. The molecule has 0 bridgehead atoms. The van der Waals surface area contributed by atoms with Crippen LogP contribution in [0.15, 0.2) is 34.2 Å². The molecule has 3 aromatic rings. The molecule has 0 spiro atoms. The van der Waals surface area contributed by atoms with Gasteiger partial charge >= 0.3 is 5.97 Å². The fourth-order valence-electron chi connectivity index (χ4n) is 2.33. The number of pyridine rings is 1. The second-order valence-electron chi connectivity index (χ2n) is 5.65. The summed E-state index contributed by atoms with van der Waals surface area (Å²) in [4.78, 5) is 29.4. The van der Waals surface area contributed by atoms with Gasteiger partial charge in [-0.05, 0) is 38.5 Å². The molecular weight excluding hydrogens is 400 g/mol. The van der Waals surface area contributed by atoms with Gasteiger partial charge in [0.2, 0.25) is 11.8 Å². The zero-order valence-corrected chi connectivity index (χ0v) is 17.1. The Bertz CT molecular complexity index is 985. The second kappa shape index (κ2) is 8.98. The lowest BCUT2D eigenvalue weighted by Crippen LogP contribution is -2.16. The van der Waals surface area contributed by atoms with E-state index in [4.69, 9.17) is 9.15 Å². The molecular formula is C18H18N4O4S2. The number of nitrogens with zero attached hydrogens (tertiary/aromatic N) is 3. The van der Waals surface area contributed by atoms with Crippen LogP contribution < -0.4 is 5.32 Å². The van der Waals surface area contributed by atoms with Crippen molar-refractivity contribution in [3.8, 4) is 11.5 Å². The first-order valence-corrected chi connectivity index (χ1v) is 10.2. The summed E-state index contributed by atoms with van der Waals surface area (Å²) >= 11 is 2.47. The summed E-state index contributed by atoms with van der Waals surface area (Å²) in [5.41, 5.74) is 1.97. The summed E-state index contributed by atoms with van der Waals surface area (Å²) in [7, 11) is 0. The minimum atomic E-state index is -0.439. The third-order valence-electron chi connectivity index (χ3n) is 3.78. The summed E-state index contributed by atoms with van der Waals surface area (Å²) in [5, 5.41) is 11.5. The van der Waals surface area contributed by atoms with Crippen LogP contribution in [-0.2, 0) is 9.53 Å². The highest BCUT2D eigenvalue weighted by Gasteiger charge is 2.22. The smallest absolute Gasteiger partial charge is 0.341 e. The van der Waals surface area contributed by atoms with E-state index in [9.17, 15) is 9.59 Å². The van der Waals surface area contributed by atoms with Crippen LogP contribution in [0.25, 0.3) is 11.5 Å². The highest BCUT2D eigenvalue weighted by atomic mass is 32.2. The number of aryl methyl sites for hydroxylation is 1. The molecule has 1 amide bonds. The van der Waals surface area contributed by atoms with E-state index < -0.39 is 5.97 Å². The molecule has 8 nitrogen and oxygen atoms in total. The van der Waals surface area contributed by atoms with Crippen LogP contribution in [0.3, 0.4) is 0 Å². The Hall–Kier alpha value is -2.72. The average molecular weight is 419 g/mol. The predicted octanol–water partition coefficient (Wildman–Crippen LogP) is 3.72. The lowest BCUT2D eigenvalue weighted by atomic mass is 10.1. The Kier molecular flexibility index (Phi) is 6.42. The van der Waals surface area contributed by atoms with Crippen molar-refractivity contribution in [2.75, 3.05) is 17.7 Å². The molecule has 0 aromatic carbocycles. The van der Waals surface area contributed by atoms with Gasteiger partial charge in [-0.2, -0.15) is 0 Å². The molecule has 28 heavy (non-hydrogen) atoms. The van der Waals surface area contributed by atoms with Gasteiger partial charge in [-0.15, -0.1) is 21.5 Å². The second-order valence-corrected chi connectivity index (χ2v) is 7.81. The van der Waals surface area contributed by atoms with Crippen LogP contribution in [0.2, 0.25) is 0 Å². The Balaban J connectivity index is 1.63. The number of hydrogen-bond acceptors (Lipinski definition) is 9. The highest BCUT2D eigenvalue weighted by Crippen LogP contribution is 2.33. The molecule has 1 N–H and O–H groups in total. The number of nitrogens with one attached hydrogen (secondary N) is 1.